The number of carbonyl (C=O) groups is 1. The second-order valence-corrected chi connectivity index (χ2v) is 8.12. The Balaban J connectivity index is 1.87. The number of hydrogen-bond acceptors (Lipinski definition) is 4. The summed E-state index contributed by atoms with van der Waals surface area (Å²) in [6, 6.07) is 12.4. The highest BCUT2D eigenvalue weighted by Gasteiger charge is 2.28. The van der Waals surface area contributed by atoms with Gasteiger partial charge in [0.25, 0.3) is 5.91 Å². The fourth-order valence-corrected chi connectivity index (χ4v) is 4.51. The first-order valence-electron chi connectivity index (χ1n) is 8.42. The number of hydrogen-bond donors (Lipinski definition) is 0. The molecule has 0 aliphatic carbocycles. The standard InChI is InChI=1S/C19H23NO2S2/c1-2-23-18-8-4-3-7-17(18)19(21)20(14-16-6-5-13-24-16)15-9-11-22-12-10-15/h3-8,13,15H,2,9-12,14H2,1H3. The first-order valence-corrected chi connectivity index (χ1v) is 10.3. The maximum Gasteiger partial charge on any atom is 0.255 e. The van der Waals surface area contributed by atoms with Gasteiger partial charge >= 0.3 is 0 Å². The minimum Gasteiger partial charge on any atom is -0.381 e. The number of thiophene rings is 1. The summed E-state index contributed by atoms with van der Waals surface area (Å²) in [6.07, 6.45) is 1.83. The van der Waals surface area contributed by atoms with Crippen molar-refractivity contribution in [1.82, 2.24) is 4.90 Å². The van der Waals surface area contributed by atoms with Crippen molar-refractivity contribution in [2.75, 3.05) is 19.0 Å². The molecule has 0 saturated carbocycles. The van der Waals surface area contributed by atoms with Crippen LogP contribution in [0.2, 0.25) is 0 Å². The van der Waals surface area contributed by atoms with Gasteiger partial charge in [0.15, 0.2) is 0 Å². The van der Waals surface area contributed by atoms with Gasteiger partial charge in [-0.3, -0.25) is 4.79 Å². The molecule has 0 atom stereocenters. The van der Waals surface area contributed by atoms with Gasteiger partial charge in [-0.05, 0) is 42.2 Å². The predicted octanol–water partition coefficient (Wildman–Crippen LogP) is 4.68. The molecule has 0 spiro atoms. The van der Waals surface area contributed by atoms with Gasteiger partial charge in [-0.25, -0.2) is 0 Å². The Morgan fingerprint density at radius 3 is 2.75 bits per heavy atom. The second kappa shape index (κ2) is 8.70. The molecule has 1 saturated heterocycles. The van der Waals surface area contributed by atoms with E-state index in [1.165, 1.54) is 4.88 Å². The summed E-state index contributed by atoms with van der Waals surface area (Å²) in [4.78, 5) is 17.7. The lowest BCUT2D eigenvalue weighted by Crippen LogP contribution is -2.43. The molecule has 3 nitrogen and oxygen atoms in total. The number of carbonyl (C=O) groups excluding carboxylic acids is 1. The van der Waals surface area contributed by atoms with E-state index in [1.54, 1.807) is 23.1 Å². The van der Waals surface area contributed by atoms with Gasteiger partial charge in [0, 0.05) is 29.0 Å². The van der Waals surface area contributed by atoms with E-state index in [-0.39, 0.29) is 11.9 Å². The molecule has 0 N–H and O–H groups in total. The fraction of sp³-hybridized carbons (Fsp3) is 0.421. The van der Waals surface area contributed by atoms with Gasteiger partial charge in [-0.15, -0.1) is 23.1 Å². The van der Waals surface area contributed by atoms with E-state index >= 15 is 0 Å². The number of benzene rings is 1. The van der Waals surface area contributed by atoms with Crippen LogP contribution >= 0.6 is 23.1 Å². The zero-order valence-electron chi connectivity index (χ0n) is 13.9. The average molecular weight is 362 g/mol. The first kappa shape index (κ1) is 17.5. The van der Waals surface area contributed by atoms with Crippen molar-refractivity contribution in [2.24, 2.45) is 0 Å². The van der Waals surface area contributed by atoms with E-state index in [1.807, 2.05) is 24.3 Å². The summed E-state index contributed by atoms with van der Waals surface area (Å²) >= 11 is 3.44. The summed E-state index contributed by atoms with van der Waals surface area (Å²) in [6.45, 7) is 4.29. The van der Waals surface area contributed by atoms with E-state index in [2.05, 4.69) is 29.3 Å². The van der Waals surface area contributed by atoms with Crippen molar-refractivity contribution < 1.29 is 9.53 Å². The van der Waals surface area contributed by atoms with Crippen molar-refractivity contribution >= 4 is 29.0 Å². The fourth-order valence-electron chi connectivity index (χ4n) is 3.01. The Kier molecular flexibility index (Phi) is 6.35. The van der Waals surface area contributed by atoms with Crippen LogP contribution in [0.25, 0.3) is 0 Å². The molecule has 3 rings (SSSR count). The Morgan fingerprint density at radius 1 is 1.25 bits per heavy atom. The molecule has 1 aliphatic heterocycles. The van der Waals surface area contributed by atoms with Crippen LogP contribution in [0.15, 0.2) is 46.7 Å². The number of thioether (sulfide) groups is 1. The first-order chi connectivity index (χ1) is 11.8. The minimum absolute atomic E-state index is 0.145. The van der Waals surface area contributed by atoms with Gasteiger partial charge < -0.3 is 9.64 Å². The molecule has 0 bridgehead atoms. The number of ether oxygens (including phenoxy) is 1. The topological polar surface area (TPSA) is 29.5 Å². The van der Waals surface area contributed by atoms with Crippen LogP contribution in [0.5, 0.6) is 0 Å². The molecule has 1 aliphatic rings. The van der Waals surface area contributed by atoms with Gasteiger partial charge in [0.2, 0.25) is 0 Å². The van der Waals surface area contributed by atoms with Crippen LogP contribution in [0, 0.1) is 0 Å². The SMILES string of the molecule is CCSc1ccccc1C(=O)N(Cc1cccs1)C1CCOCC1. The van der Waals surface area contributed by atoms with Crippen LogP contribution in [0.4, 0.5) is 0 Å². The highest BCUT2D eigenvalue weighted by Crippen LogP contribution is 2.27. The van der Waals surface area contributed by atoms with Gasteiger partial charge in [-0.2, -0.15) is 0 Å². The van der Waals surface area contributed by atoms with Gasteiger partial charge in [0.05, 0.1) is 12.1 Å². The summed E-state index contributed by atoms with van der Waals surface area (Å²) in [5.74, 6) is 1.11. The molecule has 24 heavy (non-hydrogen) atoms. The maximum atomic E-state index is 13.3. The normalized spacial score (nSPS) is 15.4. The van der Waals surface area contributed by atoms with Crippen molar-refractivity contribution in [3.05, 3.63) is 52.2 Å². The molecule has 2 heterocycles. The number of amides is 1. The zero-order valence-corrected chi connectivity index (χ0v) is 15.6. The molecular weight excluding hydrogens is 338 g/mol. The molecule has 128 valence electrons. The minimum atomic E-state index is 0.145. The third-order valence-electron chi connectivity index (χ3n) is 4.22. The quantitative estimate of drug-likeness (QED) is 0.700. The van der Waals surface area contributed by atoms with E-state index in [0.29, 0.717) is 6.54 Å². The van der Waals surface area contributed by atoms with Crippen molar-refractivity contribution in [3.8, 4) is 0 Å². The molecule has 1 fully saturated rings. The lowest BCUT2D eigenvalue weighted by atomic mass is 10.0. The van der Waals surface area contributed by atoms with Crippen molar-refractivity contribution in [1.29, 1.82) is 0 Å². The van der Waals surface area contributed by atoms with E-state index in [9.17, 15) is 4.79 Å². The highest BCUT2D eigenvalue weighted by atomic mass is 32.2. The second-order valence-electron chi connectivity index (χ2n) is 5.79. The lowest BCUT2D eigenvalue weighted by molar-refractivity contribution is 0.0268. The number of rotatable bonds is 6. The van der Waals surface area contributed by atoms with Crippen LogP contribution < -0.4 is 0 Å². The lowest BCUT2D eigenvalue weighted by Gasteiger charge is -2.34. The Bertz CT molecular complexity index is 651. The smallest absolute Gasteiger partial charge is 0.255 e. The monoisotopic (exact) mass is 361 g/mol. The molecule has 1 aromatic carbocycles. The Morgan fingerprint density at radius 2 is 2.04 bits per heavy atom. The van der Waals surface area contributed by atoms with Crippen molar-refractivity contribution in [2.45, 2.75) is 37.2 Å². The summed E-state index contributed by atoms with van der Waals surface area (Å²) < 4.78 is 5.49. The molecule has 0 radical (unpaired) electrons. The largest absolute Gasteiger partial charge is 0.381 e. The van der Waals surface area contributed by atoms with Crippen LogP contribution in [0.3, 0.4) is 0 Å². The van der Waals surface area contributed by atoms with E-state index < -0.39 is 0 Å². The Labute approximate surface area is 152 Å². The molecular formula is C19H23NO2S2. The molecule has 1 aromatic heterocycles. The number of nitrogens with zero attached hydrogens (tertiary/aromatic N) is 1. The maximum absolute atomic E-state index is 13.3. The zero-order chi connectivity index (χ0) is 16.8. The highest BCUT2D eigenvalue weighted by molar-refractivity contribution is 7.99. The third-order valence-corrected chi connectivity index (χ3v) is 6.03. The Hall–Kier alpha value is -1.30. The van der Waals surface area contributed by atoms with Crippen LogP contribution in [-0.4, -0.2) is 35.8 Å². The summed E-state index contributed by atoms with van der Waals surface area (Å²) in [5, 5.41) is 2.07. The van der Waals surface area contributed by atoms with Gasteiger partial charge in [-0.1, -0.05) is 25.1 Å². The van der Waals surface area contributed by atoms with Crippen molar-refractivity contribution in [3.63, 3.8) is 0 Å². The molecule has 5 heteroatoms. The summed E-state index contributed by atoms with van der Waals surface area (Å²) in [7, 11) is 0. The van der Waals surface area contributed by atoms with Crippen LogP contribution in [-0.2, 0) is 11.3 Å². The van der Waals surface area contributed by atoms with E-state index in [0.717, 1.165) is 42.3 Å². The average Bonchev–Trinajstić information content (AvgIpc) is 3.14. The molecule has 1 amide bonds. The van der Waals surface area contributed by atoms with E-state index in [4.69, 9.17) is 4.74 Å². The summed E-state index contributed by atoms with van der Waals surface area (Å²) in [5.41, 5.74) is 0.826. The predicted molar refractivity (Wildman–Crippen MR) is 101 cm³/mol. The third kappa shape index (κ3) is 4.21. The van der Waals surface area contributed by atoms with Gasteiger partial charge in [0.1, 0.15) is 0 Å². The van der Waals surface area contributed by atoms with Crippen LogP contribution in [0.1, 0.15) is 35.0 Å². The molecule has 0 unspecified atom stereocenters. The molecule has 2 aromatic rings.